The zero-order valence-corrected chi connectivity index (χ0v) is 10.8. The van der Waals surface area contributed by atoms with E-state index in [0.717, 1.165) is 0 Å². The molecule has 0 aliphatic heterocycles. The van der Waals surface area contributed by atoms with E-state index < -0.39 is 6.61 Å². The van der Waals surface area contributed by atoms with Crippen molar-refractivity contribution in [3.05, 3.63) is 28.8 Å². The van der Waals surface area contributed by atoms with Gasteiger partial charge in [0, 0.05) is 31.2 Å². The molecule has 1 rings (SSSR count). The first-order valence-electron chi connectivity index (χ1n) is 5.18. The van der Waals surface area contributed by atoms with Gasteiger partial charge in [-0.05, 0) is 18.2 Å². The molecule has 4 nitrogen and oxygen atoms in total. The lowest BCUT2D eigenvalue weighted by Crippen LogP contribution is -2.34. The molecule has 0 bridgehead atoms. The van der Waals surface area contributed by atoms with Gasteiger partial charge in [-0.15, -0.1) is 0 Å². The van der Waals surface area contributed by atoms with Gasteiger partial charge >= 0.3 is 6.61 Å². The lowest BCUT2D eigenvalue weighted by molar-refractivity contribution is -0.0504. The van der Waals surface area contributed by atoms with E-state index in [-0.39, 0.29) is 12.3 Å². The third kappa shape index (κ3) is 4.37. The van der Waals surface area contributed by atoms with Gasteiger partial charge in [-0.25, -0.2) is 0 Å². The van der Waals surface area contributed by atoms with Crippen LogP contribution in [0.4, 0.5) is 8.78 Å². The minimum Gasteiger partial charge on any atom is -0.434 e. The van der Waals surface area contributed by atoms with Crippen LogP contribution >= 0.6 is 11.6 Å². The Morgan fingerprint density at radius 3 is 2.78 bits per heavy atom. The van der Waals surface area contributed by atoms with Crippen molar-refractivity contribution in [3.8, 4) is 5.75 Å². The standard InChI is InChI=1S/C11H14ClF2N3O/c1-15-11(16-2)17-6-7-5-8(12)3-4-9(7)18-10(13)14/h3-5,10H,6H2,1-2H3,(H2,15,16,17). The van der Waals surface area contributed by atoms with E-state index in [2.05, 4.69) is 20.4 Å². The predicted octanol–water partition coefficient (Wildman–Crippen LogP) is 2.24. The normalized spacial score (nSPS) is 11.6. The number of guanidine groups is 1. The monoisotopic (exact) mass is 277 g/mol. The van der Waals surface area contributed by atoms with E-state index in [1.807, 2.05) is 0 Å². The molecule has 1 aromatic carbocycles. The number of nitrogens with one attached hydrogen (secondary N) is 2. The SMILES string of the molecule is CN=C(NC)NCc1cc(Cl)ccc1OC(F)F. The number of nitrogens with zero attached hydrogens (tertiary/aromatic N) is 1. The highest BCUT2D eigenvalue weighted by atomic mass is 35.5. The Balaban J connectivity index is 2.82. The van der Waals surface area contributed by atoms with Crippen molar-refractivity contribution < 1.29 is 13.5 Å². The lowest BCUT2D eigenvalue weighted by Gasteiger charge is -2.13. The second-order valence-corrected chi connectivity index (χ2v) is 3.74. The molecule has 0 heterocycles. The second-order valence-electron chi connectivity index (χ2n) is 3.31. The Bertz CT molecular complexity index is 427. The minimum absolute atomic E-state index is 0.0912. The smallest absolute Gasteiger partial charge is 0.387 e. The molecule has 0 unspecified atom stereocenters. The van der Waals surface area contributed by atoms with E-state index in [1.54, 1.807) is 20.2 Å². The highest BCUT2D eigenvalue weighted by Gasteiger charge is 2.10. The first-order valence-corrected chi connectivity index (χ1v) is 5.56. The molecular formula is C11H14ClF2N3O. The van der Waals surface area contributed by atoms with Crippen molar-refractivity contribution in [2.24, 2.45) is 4.99 Å². The van der Waals surface area contributed by atoms with Crippen molar-refractivity contribution in [1.29, 1.82) is 0 Å². The fourth-order valence-corrected chi connectivity index (χ4v) is 1.55. The molecule has 1 aromatic rings. The van der Waals surface area contributed by atoms with Gasteiger partial charge in [0.05, 0.1) is 0 Å². The molecule has 0 radical (unpaired) electrons. The summed E-state index contributed by atoms with van der Waals surface area (Å²) in [5, 5.41) is 6.20. The van der Waals surface area contributed by atoms with Gasteiger partial charge in [0.1, 0.15) is 5.75 Å². The zero-order chi connectivity index (χ0) is 13.5. The average molecular weight is 278 g/mol. The van der Waals surface area contributed by atoms with E-state index in [9.17, 15) is 8.78 Å². The summed E-state index contributed by atoms with van der Waals surface area (Å²) < 4.78 is 28.8. The van der Waals surface area contributed by atoms with Crippen LogP contribution in [0.1, 0.15) is 5.56 Å². The first kappa shape index (κ1) is 14.5. The Hall–Kier alpha value is -1.56. The van der Waals surface area contributed by atoms with Crippen LogP contribution in [-0.2, 0) is 6.54 Å². The van der Waals surface area contributed by atoms with Gasteiger partial charge < -0.3 is 15.4 Å². The predicted molar refractivity (Wildman–Crippen MR) is 67.3 cm³/mol. The summed E-state index contributed by atoms with van der Waals surface area (Å²) in [6.07, 6.45) is 0. The van der Waals surface area contributed by atoms with Gasteiger partial charge in [0.15, 0.2) is 5.96 Å². The molecule has 100 valence electrons. The van der Waals surface area contributed by atoms with Crippen LogP contribution < -0.4 is 15.4 Å². The molecule has 0 amide bonds. The van der Waals surface area contributed by atoms with Crippen LogP contribution in [0.5, 0.6) is 5.75 Å². The summed E-state index contributed by atoms with van der Waals surface area (Å²) in [5.74, 6) is 0.631. The maximum absolute atomic E-state index is 12.2. The third-order valence-electron chi connectivity index (χ3n) is 2.15. The summed E-state index contributed by atoms with van der Waals surface area (Å²) in [7, 11) is 3.30. The van der Waals surface area contributed by atoms with Gasteiger partial charge in [-0.3, -0.25) is 4.99 Å². The number of halogens is 3. The molecule has 2 N–H and O–H groups in total. The minimum atomic E-state index is -2.87. The van der Waals surface area contributed by atoms with Crippen molar-refractivity contribution in [1.82, 2.24) is 10.6 Å². The number of alkyl halides is 2. The topological polar surface area (TPSA) is 45.7 Å². The fraction of sp³-hybridized carbons (Fsp3) is 0.364. The number of hydrogen-bond donors (Lipinski definition) is 2. The largest absolute Gasteiger partial charge is 0.434 e. The Labute approximate surface area is 109 Å². The quantitative estimate of drug-likeness (QED) is 0.655. The molecular weight excluding hydrogens is 264 g/mol. The molecule has 0 saturated heterocycles. The van der Waals surface area contributed by atoms with E-state index in [4.69, 9.17) is 11.6 Å². The number of rotatable bonds is 4. The Morgan fingerprint density at radius 2 is 2.22 bits per heavy atom. The maximum atomic E-state index is 12.2. The number of ether oxygens (including phenoxy) is 1. The highest BCUT2D eigenvalue weighted by Crippen LogP contribution is 2.24. The molecule has 18 heavy (non-hydrogen) atoms. The number of benzene rings is 1. The van der Waals surface area contributed by atoms with Crippen LogP contribution in [0.2, 0.25) is 5.02 Å². The summed E-state index contributed by atoms with van der Waals surface area (Å²) in [4.78, 5) is 3.91. The third-order valence-corrected chi connectivity index (χ3v) is 2.38. The van der Waals surface area contributed by atoms with E-state index >= 15 is 0 Å². The molecule has 0 fully saturated rings. The summed E-state index contributed by atoms with van der Waals surface area (Å²) in [5.41, 5.74) is 0.527. The molecule has 0 aliphatic carbocycles. The summed E-state index contributed by atoms with van der Waals surface area (Å²) in [6.45, 7) is -2.59. The van der Waals surface area contributed by atoms with Crippen molar-refractivity contribution in [2.75, 3.05) is 14.1 Å². The molecule has 0 aliphatic rings. The Kier molecular flexibility index (Phi) is 5.64. The average Bonchev–Trinajstić information content (AvgIpc) is 2.33. The Morgan fingerprint density at radius 1 is 1.50 bits per heavy atom. The number of aliphatic imine (C=N–C) groups is 1. The zero-order valence-electron chi connectivity index (χ0n) is 10.0. The highest BCUT2D eigenvalue weighted by molar-refractivity contribution is 6.30. The van der Waals surface area contributed by atoms with Crippen LogP contribution in [0.3, 0.4) is 0 Å². The maximum Gasteiger partial charge on any atom is 0.387 e. The van der Waals surface area contributed by atoms with Crippen LogP contribution in [0, 0.1) is 0 Å². The first-order chi connectivity index (χ1) is 8.56. The van der Waals surface area contributed by atoms with Crippen LogP contribution in [-0.4, -0.2) is 26.7 Å². The van der Waals surface area contributed by atoms with Crippen molar-refractivity contribution in [2.45, 2.75) is 13.2 Å². The number of hydrogen-bond acceptors (Lipinski definition) is 2. The van der Waals surface area contributed by atoms with Gasteiger partial charge in [0.25, 0.3) is 0 Å². The summed E-state index contributed by atoms with van der Waals surface area (Å²) in [6, 6.07) is 4.47. The van der Waals surface area contributed by atoms with Gasteiger partial charge in [0.2, 0.25) is 0 Å². The fourth-order valence-electron chi connectivity index (χ4n) is 1.36. The van der Waals surface area contributed by atoms with Gasteiger partial charge in [-0.1, -0.05) is 11.6 Å². The molecule has 0 atom stereocenters. The second kappa shape index (κ2) is 7.00. The van der Waals surface area contributed by atoms with E-state index in [0.29, 0.717) is 16.5 Å². The van der Waals surface area contributed by atoms with Crippen LogP contribution in [0.15, 0.2) is 23.2 Å². The van der Waals surface area contributed by atoms with E-state index in [1.165, 1.54) is 12.1 Å². The molecule has 0 spiro atoms. The van der Waals surface area contributed by atoms with Crippen LogP contribution in [0.25, 0.3) is 0 Å². The van der Waals surface area contributed by atoms with Gasteiger partial charge in [-0.2, -0.15) is 8.78 Å². The molecule has 0 aromatic heterocycles. The van der Waals surface area contributed by atoms with Crippen molar-refractivity contribution in [3.63, 3.8) is 0 Å². The lowest BCUT2D eigenvalue weighted by atomic mass is 10.2. The molecule has 7 heteroatoms. The summed E-state index contributed by atoms with van der Waals surface area (Å²) >= 11 is 5.82. The van der Waals surface area contributed by atoms with Crippen molar-refractivity contribution >= 4 is 17.6 Å². The molecule has 0 saturated carbocycles.